The second-order valence-corrected chi connectivity index (χ2v) is 5.46. The first-order valence-corrected chi connectivity index (χ1v) is 7.89. The van der Waals surface area contributed by atoms with E-state index < -0.39 is 0 Å². The Morgan fingerprint density at radius 3 is 2.35 bits per heavy atom. The Labute approximate surface area is 137 Å². The lowest BCUT2D eigenvalue weighted by Gasteiger charge is -2.31. The second-order valence-electron chi connectivity index (χ2n) is 5.46. The molecule has 1 aliphatic rings. The molecule has 2 aromatic carbocycles. The van der Waals surface area contributed by atoms with Crippen LogP contribution >= 0.6 is 0 Å². The second kappa shape index (κ2) is 7.82. The highest BCUT2D eigenvalue weighted by Gasteiger charge is 2.20. The van der Waals surface area contributed by atoms with Gasteiger partial charge in [0, 0.05) is 18.7 Å². The predicted molar refractivity (Wildman–Crippen MR) is 91.4 cm³/mol. The molecule has 1 unspecified atom stereocenters. The third-order valence-electron chi connectivity index (χ3n) is 3.97. The molecule has 118 valence electrons. The summed E-state index contributed by atoms with van der Waals surface area (Å²) in [5.41, 5.74) is 2.23. The Balaban J connectivity index is 1.85. The van der Waals surface area contributed by atoms with Crippen molar-refractivity contribution < 1.29 is 9.47 Å². The van der Waals surface area contributed by atoms with Crippen molar-refractivity contribution in [2.24, 2.45) is 0 Å². The molecule has 1 fully saturated rings. The van der Waals surface area contributed by atoms with Crippen molar-refractivity contribution in [3.05, 3.63) is 65.7 Å². The first-order valence-electron chi connectivity index (χ1n) is 7.89. The summed E-state index contributed by atoms with van der Waals surface area (Å²) in [6.07, 6.45) is 0. The highest BCUT2D eigenvalue weighted by molar-refractivity contribution is 5.40. The Morgan fingerprint density at radius 2 is 1.70 bits per heavy atom. The van der Waals surface area contributed by atoms with Crippen molar-refractivity contribution in [1.82, 2.24) is 4.90 Å². The summed E-state index contributed by atoms with van der Waals surface area (Å²) in [6.45, 7) is 3.37. The van der Waals surface area contributed by atoms with Gasteiger partial charge in [0.1, 0.15) is 5.75 Å². The summed E-state index contributed by atoms with van der Waals surface area (Å²) >= 11 is 0. The van der Waals surface area contributed by atoms with Crippen LogP contribution < -0.4 is 4.74 Å². The molecule has 23 heavy (non-hydrogen) atoms. The van der Waals surface area contributed by atoms with Crippen LogP contribution in [-0.4, -0.2) is 38.3 Å². The van der Waals surface area contributed by atoms with Gasteiger partial charge in [-0.3, -0.25) is 4.90 Å². The van der Waals surface area contributed by atoms with E-state index in [4.69, 9.17) is 9.47 Å². The van der Waals surface area contributed by atoms with Gasteiger partial charge in [0.25, 0.3) is 0 Å². The molecule has 0 radical (unpaired) electrons. The standard InChI is InChI=1S/C20H21NO2/c1-22-19-10-7-17(8-11-19)9-12-20(18-5-3-2-4-6-18)21-13-15-23-16-14-21/h2-8,10-11,20H,13-16H2,1H3. The third kappa shape index (κ3) is 4.13. The number of nitrogens with zero attached hydrogens (tertiary/aromatic N) is 1. The summed E-state index contributed by atoms with van der Waals surface area (Å²) in [5.74, 6) is 7.59. The minimum absolute atomic E-state index is 0.0993. The van der Waals surface area contributed by atoms with Crippen LogP contribution in [0, 0.1) is 11.8 Å². The minimum Gasteiger partial charge on any atom is -0.497 e. The lowest BCUT2D eigenvalue weighted by Crippen LogP contribution is -2.38. The van der Waals surface area contributed by atoms with Crippen molar-refractivity contribution in [3.63, 3.8) is 0 Å². The average Bonchev–Trinajstić information content (AvgIpc) is 2.64. The Kier molecular flexibility index (Phi) is 5.31. The summed E-state index contributed by atoms with van der Waals surface area (Å²) < 4.78 is 10.7. The van der Waals surface area contributed by atoms with E-state index >= 15 is 0 Å². The third-order valence-corrected chi connectivity index (χ3v) is 3.97. The van der Waals surface area contributed by atoms with E-state index in [1.165, 1.54) is 5.56 Å². The highest BCUT2D eigenvalue weighted by atomic mass is 16.5. The molecule has 2 aromatic rings. The number of hydrogen-bond donors (Lipinski definition) is 0. The molecule has 1 saturated heterocycles. The van der Waals surface area contributed by atoms with Crippen molar-refractivity contribution >= 4 is 0 Å². The average molecular weight is 307 g/mol. The van der Waals surface area contributed by atoms with E-state index in [0.717, 1.165) is 37.6 Å². The monoisotopic (exact) mass is 307 g/mol. The van der Waals surface area contributed by atoms with Gasteiger partial charge >= 0.3 is 0 Å². The molecule has 3 heteroatoms. The summed E-state index contributed by atoms with van der Waals surface area (Å²) in [5, 5.41) is 0. The van der Waals surface area contributed by atoms with Gasteiger partial charge in [-0.1, -0.05) is 42.2 Å². The van der Waals surface area contributed by atoms with Gasteiger partial charge in [-0.15, -0.1) is 0 Å². The summed E-state index contributed by atoms with van der Waals surface area (Å²) in [6, 6.07) is 18.4. The van der Waals surface area contributed by atoms with Crippen molar-refractivity contribution in [2.45, 2.75) is 6.04 Å². The number of methoxy groups -OCH3 is 1. The van der Waals surface area contributed by atoms with Gasteiger partial charge in [0.05, 0.1) is 26.4 Å². The topological polar surface area (TPSA) is 21.7 Å². The van der Waals surface area contributed by atoms with Crippen LogP contribution in [0.5, 0.6) is 5.75 Å². The molecule has 0 aromatic heterocycles. The number of morpholine rings is 1. The van der Waals surface area contributed by atoms with Gasteiger partial charge in [-0.05, 0) is 29.8 Å². The smallest absolute Gasteiger partial charge is 0.118 e. The number of hydrogen-bond acceptors (Lipinski definition) is 3. The lowest BCUT2D eigenvalue weighted by molar-refractivity contribution is 0.0270. The van der Waals surface area contributed by atoms with E-state index in [1.807, 2.05) is 30.3 Å². The molecule has 3 nitrogen and oxygen atoms in total. The quantitative estimate of drug-likeness (QED) is 0.813. The minimum atomic E-state index is 0.0993. The van der Waals surface area contributed by atoms with E-state index in [1.54, 1.807) is 7.11 Å². The van der Waals surface area contributed by atoms with Crippen molar-refractivity contribution in [3.8, 4) is 17.6 Å². The van der Waals surface area contributed by atoms with Crippen LogP contribution in [0.25, 0.3) is 0 Å². The number of benzene rings is 2. The van der Waals surface area contributed by atoms with Crippen LogP contribution in [0.1, 0.15) is 17.2 Å². The van der Waals surface area contributed by atoms with E-state index in [9.17, 15) is 0 Å². The first kappa shape index (κ1) is 15.6. The fraction of sp³-hybridized carbons (Fsp3) is 0.300. The molecule has 0 saturated carbocycles. The molecule has 0 N–H and O–H groups in total. The summed E-state index contributed by atoms with van der Waals surface area (Å²) in [4.78, 5) is 2.38. The zero-order valence-corrected chi connectivity index (χ0v) is 13.4. The number of ether oxygens (including phenoxy) is 2. The van der Waals surface area contributed by atoms with E-state index in [2.05, 4.69) is 41.0 Å². The molecule has 1 atom stereocenters. The molecule has 1 aliphatic heterocycles. The molecule has 0 bridgehead atoms. The Hall–Kier alpha value is -2.28. The molecule has 0 aliphatic carbocycles. The van der Waals surface area contributed by atoms with Crippen molar-refractivity contribution in [2.75, 3.05) is 33.4 Å². The van der Waals surface area contributed by atoms with Crippen LogP contribution in [0.4, 0.5) is 0 Å². The summed E-state index contributed by atoms with van der Waals surface area (Å²) in [7, 11) is 1.67. The van der Waals surface area contributed by atoms with Crippen LogP contribution in [-0.2, 0) is 4.74 Å². The van der Waals surface area contributed by atoms with E-state index in [0.29, 0.717) is 0 Å². The zero-order chi connectivity index (χ0) is 15.9. The van der Waals surface area contributed by atoms with Crippen LogP contribution in [0.3, 0.4) is 0 Å². The van der Waals surface area contributed by atoms with E-state index in [-0.39, 0.29) is 6.04 Å². The lowest BCUT2D eigenvalue weighted by atomic mass is 10.0. The predicted octanol–water partition coefficient (Wildman–Crippen LogP) is 3.12. The maximum absolute atomic E-state index is 5.47. The molecule has 0 amide bonds. The molecular weight excluding hydrogens is 286 g/mol. The largest absolute Gasteiger partial charge is 0.497 e. The SMILES string of the molecule is COc1ccc(C#CC(c2ccccc2)N2CCOCC2)cc1. The maximum Gasteiger partial charge on any atom is 0.118 e. The Morgan fingerprint density at radius 1 is 1.00 bits per heavy atom. The molecular formula is C20H21NO2. The normalized spacial score (nSPS) is 16.2. The maximum atomic E-state index is 5.47. The highest BCUT2D eigenvalue weighted by Crippen LogP contribution is 2.21. The Bertz CT molecular complexity index is 664. The fourth-order valence-corrected chi connectivity index (χ4v) is 2.68. The fourth-order valence-electron chi connectivity index (χ4n) is 2.68. The molecule has 0 spiro atoms. The molecule has 1 heterocycles. The number of rotatable bonds is 3. The van der Waals surface area contributed by atoms with Crippen LogP contribution in [0.2, 0.25) is 0 Å². The van der Waals surface area contributed by atoms with Crippen molar-refractivity contribution in [1.29, 1.82) is 0 Å². The van der Waals surface area contributed by atoms with Crippen LogP contribution in [0.15, 0.2) is 54.6 Å². The zero-order valence-electron chi connectivity index (χ0n) is 13.4. The van der Waals surface area contributed by atoms with Gasteiger partial charge in [-0.2, -0.15) is 0 Å². The van der Waals surface area contributed by atoms with Gasteiger partial charge in [-0.25, -0.2) is 0 Å². The first-order chi connectivity index (χ1) is 11.4. The van der Waals surface area contributed by atoms with Gasteiger partial charge in [0.15, 0.2) is 0 Å². The van der Waals surface area contributed by atoms with Gasteiger partial charge < -0.3 is 9.47 Å². The molecule has 3 rings (SSSR count). The van der Waals surface area contributed by atoms with Gasteiger partial charge in [0.2, 0.25) is 0 Å².